The molecule has 8 nitrogen and oxygen atoms in total. The van der Waals surface area contributed by atoms with Gasteiger partial charge in [-0.05, 0) is 51.5 Å². The SMILES string of the molecule is CCOc1ncccc1-c1cc(NCc2cc[nH]n2)c2c(n1)c(C)nn2[C@H](C)CC. The lowest BCUT2D eigenvalue weighted by Crippen LogP contribution is -2.09. The summed E-state index contributed by atoms with van der Waals surface area (Å²) in [6, 6.07) is 8.15. The molecule has 0 aliphatic heterocycles. The molecule has 0 aliphatic rings. The van der Waals surface area contributed by atoms with Crippen molar-refractivity contribution in [2.24, 2.45) is 0 Å². The van der Waals surface area contributed by atoms with Crippen molar-refractivity contribution in [3.05, 3.63) is 48.0 Å². The lowest BCUT2D eigenvalue weighted by molar-refractivity contribution is 0.328. The first kappa shape index (κ1) is 19.9. The second-order valence-electron chi connectivity index (χ2n) is 7.25. The molecule has 2 N–H and O–H groups in total. The number of aromatic amines is 1. The predicted octanol–water partition coefficient (Wildman–Crippen LogP) is 4.51. The van der Waals surface area contributed by atoms with E-state index in [2.05, 4.69) is 45.1 Å². The normalized spacial score (nSPS) is 12.3. The van der Waals surface area contributed by atoms with Crippen LogP contribution >= 0.6 is 0 Å². The lowest BCUT2D eigenvalue weighted by atomic mass is 10.1. The Morgan fingerprint density at radius 2 is 2.13 bits per heavy atom. The van der Waals surface area contributed by atoms with Gasteiger partial charge in [0.1, 0.15) is 11.0 Å². The molecule has 4 rings (SSSR count). The standard InChI is InChI=1S/C22H27N7O/c1-5-14(3)29-21-19(24-13-16-9-11-25-27-16)12-18(26-20(21)15(4)28-29)17-8-7-10-23-22(17)30-6-2/h7-12,14H,5-6,13H2,1-4H3,(H,24,26)(H,25,27)/t14-/m1/s1. The third kappa shape index (κ3) is 3.72. The molecule has 0 bridgehead atoms. The number of aromatic nitrogens is 6. The first-order valence-electron chi connectivity index (χ1n) is 10.3. The van der Waals surface area contributed by atoms with Crippen LogP contribution in [0, 0.1) is 6.92 Å². The molecule has 0 radical (unpaired) electrons. The van der Waals surface area contributed by atoms with Gasteiger partial charge < -0.3 is 10.1 Å². The third-order valence-electron chi connectivity index (χ3n) is 5.18. The Kier molecular flexibility index (Phi) is 5.65. The maximum absolute atomic E-state index is 5.75. The molecule has 4 aromatic rings. The maximum Gasteiger partial charge on any atom is 0.222 e. The van der Waals surface area contributed by atoms with E-state index >= 15 is 0 Å². The van der Waals surface area contributed by atoms with Crippen LogP contribution in [0.3, 0.4) is 0 Å². The second-order valence-corrected chi connectivity index (χ2v) is 7.25. The highest BCUT2D eigenvalue weighted by Crippen LogP contribution is 2.35. The summed E-state index contributed by atoms with van der Waals surface area (Å²) >= 11 is 0. The number of nitrogens with zero attached hydrogens (tertiary/aromatic N) is 5. The van der Waals surface area contributed by atoms with Gasteiger partial charge >= 0.3 is 0 Å². The molecule has 0 amide bonds. The fraction of sp³-hybridized carbons (Fsp3) is 0.364. The third-order valence-corrected chi connectivity index (χ3v) is 5.18. The van der Waals surface area contributed by atoms with Crippen LogP contribution < -0.4 is 10.1 Å². The van der Waals surface area contributed by atoms with Crippen molar-refractivity contribution < 1.29 is 4.74 Å². The monoisotopic (exact) mass is 405 g/mol. The van der Waals surface area contributed by atoms with E-state index < -0.39 is 0 Å². The van der Waals surface area contributed by atoms with E-state index in [1.54, 1.807) is 6.20 Å². The molecule has 4 heterocycles. The zero-order chi connectivity index (χ0) is 21.1. The molecule has 0 unspecified atom stereocenters. The number of fused-ring (bicyclic) bond motifs is 1. The molecular formula is C22H27N7O. The summed E-state index contributed by atoms with van der Waals surface area (Å²) < 4.78 is 7.82. The molecule has 0 spiro atoms. The zero-order valence-corrected chi connectivity index (χ0v) is 17.8. The topological polar surface area (TPSA) is 93.5 Å². The Hall–Kier alpha value is -3.42. The van der Waals surface area contributed by atoms with Crippen LogP contribution in [0.5, 0.6) is 5.88 Å². The summed E-state index contributed by atoms with van der Waals surface area (Å²) in [5.41, 5.74) is 6.34. The molecule has 0 saturated carbocycles. The Bertz CT molecular complexity index is 1130. The van der Waals surface area contributed by atoms with E-state index in [9.17, 15) is 0 Å². The minimum atomic E-state index is 0.261. The van der Waals surface area contributed by atoms with Crippen molar-refractivity contribution in [2.45, 2.75) is 46.7 Å². The second kappa shape index (κ2) is 8.52. The minimum Gasteiger partial charge on any atom is -0.477 e. The molecule has 156 valence electrons. The van der Waals surface area contributed by atoms with Gasteiger partial charge in [0.15, 0.2) is 0 Å². The molecule has 30 heavy (non-hydrogen) atoms. The van der Waals surface area contributed by atoms with E-state index in [0.717, 1.165) is 45.8 Å². The Labute approximate surface area is 175 Å². The molecule has 0 aliphatic carbocycles. The van der Waals surface area contributed by atoms with Crippen molar-refractivity contribution >= 4 is 16.7 Å². The van der Waals surface area contributed by atoms with Crippen LogP contribution in [0.2, 0.25) is 0 Å². The molecule has 0 fully saturated rings. The smallest absolute Gasteiger partial charge is 0.222 e. The largest absolute Gasteiger partial charge is 0.477 e. The van der Waals surface area contributed by atoms with Gasteiger partial charge in [-0.3, -0.25) is 9.78 Å². The van der Waals surface area contributed by atoms with Crippen LogP contribution in [0.15, 0.2) is 36.7 Å². The van der Waals surface area contributed by atoms with E-state index in [0.29, 0.717) is 19.0 Å². The van der Waals surface area contributed by atoms with Gasteiger partial charge in [-0.15, -0.1) is 0 Å². The summed E-state index contributed by atoms with van der Waals surface area (Å²) in [5.74, 6) is 0.581. The summed E-state index contributed by atoms with van der Waals surface area (Å²) in [4.78, 5) is 9.36. The summed E-state index contributed by atoms with van der Waals surface area (Å²) in [7, 11) is 0. The fourth-order valence-corrected chi connectivity index (χ4v) is 3.46. The van der Waals surface area contributed by atoms with Gasteiger partial charge in [-0.1, -0.05) is 6.92 Å². The van der Waals surface area contributed by atoms with E-state index in [1.807, 2.05) is 38.2 Å². The van der Waals surface area contributed by atoms with Crippen LogP contribution in [0.4, 0.5) is 5.69 Å². The van der Waals surface area contributed by atoms with Crippen molar-refractivity contribution in [1.82, 2.24) is 29.9 Å². The predicted molar refractivity (Wildman–Crippen MR) is 118 cm³/mol. The van der Waals surface area contributed by atoms with Gasteiger partial charge in [0.2, 0.25) is 5.88 Å². The quantitative estimate of drug-likeness (QED) is 0.448. The average molecular weight is 406 g/mol. The minimum absolute atomic E-state index is 0.261. The molecule has 0 saturated heterocycles. The molecule has 4 aromatic heterocycles. The highest BCUT2D eigenvalue weighted by Gasteiger charge is 2.20. The van der Waals surface area contributed by atoms with Crippen LogP contribution in [0.1, 0.15) is 44.6 Å². The lowest BCUT2D eigenvalue weighted by Gasteiger charge is -2.16. The van der Waals surface area contributed by atoms with Crippen LogP contribution in [-0.2, 0) is 6.54 Å². The van der Waals surface area contributed by atoms with Gasteiger partial charge in [0, 0.05) is 18.4 Å². The van der Waals surface area contributed by atoms with E-state index in [4.69, 9.17) is 14.8 Å². The van der Waals surface area contributed by atoms with Crippen molar-refractivity contribution in [2.75, 3.05) is 11.9 Å². The number of hydrogen-bond acceptors (Lipinski definition) is 6. The molecule has 0 aromatic carbocycles. The highest BCUT2D eigenvalue weighted by molar-refractivity contribution is 5.93. The van der Waals surface area contributed by atoms with Crippen molar-refractivity contribution in [1.29, 1.82) is 0 Å². The first-order valence-corrected chi connectivity index (χ1v) is 10.3. The highest BCUT2D eigenvalue weighted by atomic mass is 16.5. The number of nitrogens with one attached hydrogen (secondary N) is 2. The van der Waals surface area contributed by atoms with Crippen molar-refractivity contribution in [3.8, 4) is 17.1 Å². The zero-order valence-electron chi connectivity index (χ0n) is 17.8. The number of hydrogen-bond donors (Lipinski definition) is 2. The molecule has 1 atom stereocenters. The van der Waals surface area contributed by atoms with Crippen LogP contribution in [0.25, 0.3) is 22.3 Å². The van der Waals surface area contributed by atoms with Gasteiger partial charge in [-0.25, -0.2) is 9.97 Å². The Morgan fingerprint density at radius 3 is 2.87 bits per heavy atom. The average Bonchev–Trinajstić information content (AvgIpc) is 3.40. The number of anilines is 1. The Balaban J connectivity index is 1.88. The summed E-state index contributed by atoms with van der Waals surface area (Å²) in [6.07, 6.45) is 4.53. The first-order chi connectivity index (χ1) is 14.6. The number of H-pyrrole nitrogens is 1. The van der Waals surface area contributed by atoms with E-state index in [-0.39, 0.29) is 6.04 Å². The van der Waals surface area contributed by atoms with Gasteiger partial charge in [0.05, 0.1) is 41.5 Å². The van der Waals surface area contributed by atoms with Gasteiger partial charge in [0.25, 0.3) is 0 Å². The number of pyridine rings is 2. The summed E-state index contributed by atoms with van der Waals surface area (Å²) in [6.45, 7) is 9.43. The van der Waals surface area contributed by atoms with E-state index in [1.165, 1.54) is 0 Å². The van der Waals surface area contributed by atoms with Crippen LogP contribution in [-0.4, -0.2) is 36.6 Å². The number of rotatable bonds is 8. The molecular weight excluding hydrogens is 378 g/mol. The van der Waals surface area contributed by atoms with Gasteiger partial charge in [-0.2, -0.15) is 10.2 Å². The fourth-order valence-electron chi connectivity index (χ4n) is 3.46. The van der Waals surface area contributed by atoms with Crippen molar-refractivity contribution in [3.63, 3.8) is 0 Å². The Morgan fingerprint density at radius 1 is 1.27 bits per heavy atom. The summed E-state index contributed by atoms with van der Waals surface area (Å²) in [5, 5.41) is 15.5. The molecule has 8 heteroatoms. The number of aryl methyl sites for hydroxylation is 1. The number of ether oxygens (including phenoxy) is 1. The maximum atomic E-state index is 5.75.